The van der Waals surface area contributed by atoms with Crippen LogP contribution in [0.5, 0.6) is 0 Å². The lowest BCUT2D eigenvalue weighted by Gasteiger charge is -1.95. The van der Waals surface area contributed by atoms with E-state index in [1.54, 1.807) is 12.1 Å². The largest absolute Gasteiger partial charge is 0.338 e. The SMILES string of the molecule is N#CCc1ccc2nc(-c3cccc(F)c3)[nH]c2c1. The molecule has 1 aromatic heterocycles. The summed E-state index contributed by atoms with van der Waals surface area (Å²) in [5.74, 6) is 0.340. The third kappa shape index (κ3) is 2.18. The van der Waals surface area contributed by atoms with Gasteiger partial charge in [-0.3, -0.25) is 0 Å². The number of halogens is 1. The van der Waals surface area contributed by atoms with Crippen molar-refractivity contribution in [3.8, 4) is 17.5 Å². The Kier molecular flexibility index (Phi) is 2.73. The summed E-state index contributed by atoms with van der Waals surface area (Å²) in [7, 11) is 0. The van der Waals surface area contributed by atoms with Crippen molar-refractivity contribution in [2.24, 2.45) is 0 Å². The zero-order valence-corrected chi connectivity index (χ0v) is 10.0. The molecule has 0 aliphatic rings. The van der Waals surface area contributed by atoms with Crippen LogP contribution in [-0.4, -0.2) is 9.97 Å². The number of benzene rings is 2. The van der Waals surface area contributed by atoms with Gasteiger partial charge in [-0.15, -0.1) is 0 Å². The number of imidazole rings is 1. The van der Waals surface area contributed by atoms with Crippen LogP contribution in [0.3, 0.4) is 0 Å². The summed E-state index contributed by atoms with van der Waals surface area (Å²) in [6.45, 7) is 0. The molecule has 19 heavy (non-hydrogen) atoms. The van der Waals surface area contributed by atoms with E-state index >= 15 is 0 Å². The van der Waals surface area contributed by atoms with E-state index in [2.05, 4.69) is 16.0 Å². The van der Waals surface area contributed by atoms with Gasteiger partial charge in [0.25, 0.3) is 0 Å². The van der Waals surface area contributed by atoms with Crippen molar-refractivity contribution in [2.45, 2.75) is 6.42 Å². The fourth-order valence-electron chi connectivity index (χ4n) is 2.03. The summed E-state index contributed by atoms with van der Waals surface area (Å²) >= 11 is 0. The summed E-state index contributed by atoms with van der Waals surface area (Å²) in [4.78, 5) is 7.57. The summed E-state index contributed by atoms with van der Waals surface area (Å²) < 4.78 is 13.2. The van der Waals surface area contributed by atoms with Gasteiger partial charge in [-0.2, -0.15) is 5.26 Å². The van der Waals surface area contributed by atoms with Gasteiger partial charge in [-0.1, -0.05) is 18.2 Å². The van der Waals surface area contributed by atoms with Crippen LogP contribution in [0.2, 0.25) is 0 Å². The average Bonchev–Trinajstić information content (AvgIpc) is 2.82. The Bertz CT molecular complexity index is 783. The minimum atomic E-state index is -0.289. The number of fused-ring (bicyclic) bond motifs is 1. The second-order valence-electron chi connectivity index (χ2n) is 4.28. The molecule has 0 saturated heterocycles. The van der Waals surface area contributed by atoms with Crippen LogP contribution in [0, 0.1) is 17.1 Å². The summed E-state index contributed by atoms with van der Waals surface area (Å²) in [6, 6.07) is 14.0. The number of aromatic amines is 1. The van der Waals surface area contributed by atoms with E-state index in [1.807, 2.05) is 18.2 Å². The topological polar surface area (TPSA) is 52.5 Å². The minimum Gasteiger partial charge on any atom is -0.338 e. The number of nitrogens with one attached hydrogen (secondary N) is 1. The van der Waals surface area contributed by atoms with E-state index in [4.69, 9.17) is 5.26 Å². The highest BCUT2D eigenvalue weighted by Crippen LogP contribution is 2.21. The van der Waals surface area contributed by atoms with Gasteiger partial charge in [0.1, 0.15) is 11.6 Å². The third-order valence-corrected chi connectivity index (χ3v) is 2.93. The first-order chi connectivity index (χ1) is 9.26. The number of hydrogen-bond acceptors (Lipinski definition) is 2. The van der Waals surface area contributed by atoms with E-state index in [0.717, 1.165) is 16.6 Å². The van der Waals surface area contributed by atoms with Crippen molar-refractivity contribution in [1.29, 1.82) is 5.26 Å². The molecule has 0 aliphatic heterocycles. The van der Waals surface area contributed by atoms with Gasteiger partial charge >= 0.3 is 0 Å². The number of H-pyrrole nitrogens is 1. The zero-order chi connectivity index (χ0) is 13.2. The molecular weight excluding hydrogens is 241 g/mol. The molecule has 0 fully saturated rings. The number of rotatable bonds is 2. The molecule has 92 valence electrons. The lowest BCUT2D eigenvalue weighted by molar-refractivity contribution is 0.628. The van der Waals surface area contributed by atoms with E-state index in [-0.39, 0.29) is 5.82 Å². The fourth-order valence-corrected chi connectivity index (χ4v) is 2.03. The van der Waals surface area contributed by atoms with Crippen LogP contribution in [-0.2, 0) is 6.42 Å². The predicted octanol–water partition coefficient (Wildman–Crippen LogP) is 3.44. The van der Waals surface area contributed by atoms with E-state index < -0.39 is 0 Å². The summed E-state index contributed by atoms with van der Waals surface area (Å²) in [5, 5.41) is 8.69. The Morgan fingerprint density at radius 1 is 1.21 bits per heavy atom. The molecule has 4 heteroatoms. The molecule has 0 spiro atoms. The Morgan fingerprint density at radius 3 is 2.89 bits per heavy atom. The molecular formula is C15H10FN3. The van der Waals surface area contributed by atoms with E-state index in [0.29, 0.717) is 17.8 Å². The minimum absolute atomic E-state index is 0.289. The van der Waals surface area contributed by atoms with E-state index in [1.165, 1.54) is 12.1 Å². The van der Waals surface area contributed by atoms with Gasteiger partial charge in [0.15, 0.2) is 0 Å². The van der Waals surface area contributed by atoms with Crippen molar-refractivity contribution in [2.75, 3.05) is 0 Å². The van der Waals surface area contributed by atoms with Gasteiger partial charge in [0.2, 0.25) is 0 Å². The monoisotopic (exact) mass is 251 g/mol. The molecule has 0 amide bonds. The number of nitrogens with zero attached hydrogens (tertiary/aromatic N) is 2. The Hall–Kier alpha value is -2.67. The lowest BCUT2D eigenvalue weighted by Crippen LogP contribution is -1.81. The Morgan fingerprint density at radius 2 is 2.11 bits per heavy atom. The molecule has 3 aromatic rings. The normalized spacial score (nSPS) is 10.5. The van der Waals surface area contributed by atoms with Crippen LogP contribution in [0.4, 0.5) is 4.39 Å². The van der Waals surface area contributed by atoms with Crippen molar-refractivity contribution < 1.29 is 4.39 Å². The molecule has 0 bridgehead atoms. The quantitative estimate of drug-likeness (QED) is 0.758. The number of nitriles is 1. The molecule has 0 aliphatic carbocycles. The molecule has 0 saturated carbocycles. The Balaban J connectivity index is 2.09. The first-order valence-electron chi connectivity index (χ1n) is 5.88. The maximum absolute atomic E-state index is 13.2. The smallest absolute Gasteiger partial charge is 0.138 e. The van der Waals surface area contributed by atoms with Crippen LogP contribution in [0.1, 0.15) is 5.56 Å². The molecule has 3 nitrogen and oxygen atoms in total. The average molecular weight is 251 g/mol. The van der Waals surface area contributed by atoms with Gasteiger partial charge in [0.05, 0.1) is 23.5 Å². The van der Waals surface area contributed by atoms with Crippen molar-refractivity contribution in [3.63, 3.8) is 0 Å². The first kappa shape index (κ1) is 11.4. The van der Waals surface area contributed by atoms with Crippen LogP contribution in [0.15, 0.2) is 42.5 Å². The van der Waals surface area contributed by atoms with Gasteiger partial charge in [-0.05, 0) is 29.8 Å². The lowest BCUT2D eigenvalue weighted by atomic mass is 10.1. The fraction of sp³-hybridized carbons (Fsp3) is 0.0667. The zero-order valence-electron chi connectivity index (χ0n) is 10.0. The molecule has 2 aromatic carbocycles. The highest BCUT2D eigenvalue weighted by Gasteiger charge is 2.06. The first-order valence-corrected chi connectivity index (χ1v) is 5.88. The van der Waals surface area contributed by atoms with Crippen molar-refractivity contribution in [1.82, 2.24) is 9.97 Å². The molecule has 1 heterocycles. The highest BCUT2D eigenvalue weighted by molar-refractivity contribution is 5.80. The van der Waals surface area contributed by atoms with Gasteiger partial charge in [-0.25, -0.2) is 9.37 Å². The summed E-state index contributed by atoms with van der Waals surface area (Å²) in [5.41, 5.74) is 3.30. The molecule has 1 N–H and O–H groups in total. The van der Waals surface area contributed by atoms with E-state index in [9.17, 15) is 4.39 Å². The number of hydrogen-bond donors (Lipinski definition) is 1. The van der Waals surface area contributed by atoms with Crippen molar-refractivity contribution >= 4 is 11.0 Å². The number of aromatic nitrogens is 2. The molecule has 0 radical (unpaired) electrons. The summed E-state index contributed by atoms with van der Waals surface area (Å²) in [6.07, 6.45) is 0.365. The molecule has 3 rings (SSSR count). The Labute approximate surface area is 109 Å². The van der Waals surface area contributed by atoms with Crippen LogP contribution >= 0.6 is 0 Å². The van der Waals surface area contributed by atoms with Gasteiger partial charge in [0, 0.05) is 5.56 Å². The van der Waals surface area contributed by atoms with Crippen LogP contribution < -0.4 is 0 Å². The molecule has 0 unspecified atom stereocenters. The highest BCUT2D eigenvalue weighted by atomic mass is 19.1. The maximum atomic E-state index is 13.2. The standard InChI is InChI=1S/C15H10FN3/c16-12-3-1-2-11(9-12)15-18-13-5-4-10(6-7-17)8-14(13)19-15/h1-5,8-9H,6H2,(H,18,19). The second kappa shape index (κ2) is 4.54. The predicted molar refractivity (Wildman–Crippen MR) is 70.8 cm³/mol. The van der Waals surface area contributed by atoms with Gasteiger partial charge < -0.3 is 4.98 Å². The maximum Gasteiger partial charge on any atom is 0.138 e. The van der Waals surface area contributed by atoms with Crippen molar-refractivity contribution in [3.05, 3.63) is 53.8 Å². The second-order valence-corrected chi connectivity index (χ2v) is 4.28. The third-order valence-electron chi connectivity index (χ3n) is 2.93. The van der Waals surface area contributed by atoms with Crippen LogP contribution in [0.25, 0.3) is 22.4 Å². The molecule has 0 atom stereocenters.